The van der Waals surface area contributed by atoms with Crippen molar-refractivity contribution >= 4 is 70.4 Å². The number of halogens is 6. The zero-order chi connectivity index (χ0) is 78.0. The monoisotopic (exact) mass is 1560 g/mol. The first kappa shape index (κ1) is 83.1. The Hall–Kier alpha value is -8.90. The summed E-state index contributed by atoms with van der Waals surface area (Å²) in [6.07, 6.45) is 5.94. The molecule has 2 aliphatic rings. The topological polar surface area (TPSA) is 212 Å². The zero-order valence-electron chi connectivity index (χ0n) is 63.4. The van der Waals surface area contributed by atoms with E-state index in [0.29, 0.717) is 202 Å². The van der Waals surface area contributed by atoms with Gasteiger partial charge in [0.2, 0.25) is 23.6 Å². The van der Waals surface area contributed by atoms with Gasteiger partial charge in [-0.15, -0.1) is 0 Å². The first-order chi connectivity index (χ1) is 51.7. The Bertz CT molecular complexity index is 4170. The maximum atomic E-state index is 13.5. The molecule has 576 valence electrons. The van der Waals surface area contributed by atoms with E-state index in [1.165, 1.54) is 0 Å². The van der Waals surface area contributed by atoms with Crippen LogP contribution < -0.4 is 29.6 Å². The maximum absolute atomic E-state index is 13.5. The Labute approximate surface area is 652 Å². The van der Waals surface area contributed by atoms with Gasteiger partial charge in [-0.3, -0.25) is 28.3 Å². The molecule has 2 aliphatic heterocycles. The molecule has 0 unspecified atom stereocenters. The van der Waals surface area contributed by atoms with Gasteiger partial charge < -0.3 is 58.7 Å². The van der Waals surface area contributed by atoms with Crippen LogP contribution in [0.4, 0.5) is 18.4 Å². The van der Waals surface area contributed by atoms with Crippen LogP contribution in [0.2, 0.25) is 20.1 Å². The molecule has 0 spiro atoms. The van der Waals surface area contributed by atoms with E-state index in [1.54, 1.807) is 74.3 Å². The smallest absolute Gasteiger partial charge is 0.410 e. The van der Waals surface area contributed by atoms with Crippen LogP contribution in [0.15, 0.2) is 122 Å². The number of piperidine rings is 2. The fourth-order valence-electron chi connectivity index (χ4n) is 13.0. The second kappa shape index (κ2) is 38.4. The summed E-state index contributed by atoms with van der Waals surface area (Å²) in [7, 11) is 6.29. The molecule has 2 saturated heterocycles. The van der Waals surface area contributed by atoms with Crippen molar-refractivity contribution in [2.24, 2.45) is 0 Å². The maximum Gasteiger partial charge on any atom is 0.410 e. The van der Waals surface area contributed by atoms with Gasteiger partial charge in [-0.1, -0.05) is 107 Å². The Morgan fingerprint density at radius 2 is 0.833 bits per heavy atom. The van der Waals surface area contributed by atoms with Crippen molar-refractivity contribution in [1.82, 2.24) is 50.2 Å². The zero-order valence-corrected chi connectivity index (χ0v) is 66.4. The summed E-state index contributed by atoms with van der Waals surface area (Å²) in [5.74, 6) is 2.08. The number of nitrogens with zero attached hydrogens (tertiary/aromatic N) is 8. The van der Waals surface area contributed by atoms with Crippen LogP contribution >= 0.6 is 46.4 Å². The van der Waals surface area contributed by atoms with Crippen molar-refractivity contribution in [2.75, 3.05) is 81.1 Å². The SMILES string of the molecule is COc1cc(-c2nccc(-c3cccc(-c4ccc(CN(C(=O)OC(C)(C)C)C5CCN(C(C)=O)CC5)c(OC)n4)c3Cl)c2Cl)ccc1CNCCCF.COc1cc(-c2nccc(-c3cccc(-c4ccc(CN(C(=O)OC(C)(C)C)C5CCN(C(C)=O)CC5)c(OC)n4)c3Cl)c2Cl)ccc1CNCCCF. The fraction of sp³-hybridized carbons (Fsp3) is 0.415. The highest BCUT2D eigenvalue weighted by atomic mass is 35.5. The molecule has 2 N–H and O–H groups in total. The van der Waals surface area contributed by atoms with Crippen LogP contribution in [0, 0.1) is 0 Å². The van der Waals surface area contributed by atoms with Crippen molar-refractivity contribution < 1.29 is 56.4 Å². The van der Waals surface area contributed by atoms with Crippen molar-refractivity contribution in [3.63, 3.8) is 0 Å². The van der Waals surface area contributed by atoms with Crippen LogP contribution in [-0.4, -0.2) is 168 Å². The number of pyridine rings is 4. The molecule has 108 heavy (non-hydrogen) atoms. The minimum absolute atomic E-state index is 0.0240. The summed E-state index contributed by atoms with van der Waals surface area (Å²) < 4.78 is 59.6. The average molecular weight is 1560 g/mol. The molecule has 4 amide bonds. The third kappa shape index (κ3) is 21.3. The number of amides is 4. The predicted octanol–water partition coefficient (Wildman–Crippen LogP) is 18.0. The van der Waals surface area contributed by atoms with Crippen molar-refractivity contribution in [2.45, 2.75) is 143 Å². The van der Waals surface area contributed by atoms with Crippen LogP contribution in [0.1, 0.15) is 116 Å². The highest BCUT2D eigenvalue weighted by Gasteiger charge is 2.35. The molecule has 6 heterocycles. The second-order valence-corrected chi connectivity index (χ2v) is 29.8. The molecule has 0 aliphatic carbocycles. The number of methoxy groups -OCH3 is 4. The number of likely N-dealkylation sites (tertiary alicyclic amines) is 2. The first-order valence-electron chi connectivity index (χ1n) is 36.0. The summed E-state index contributed by atoms with van der Waals surface area (Å²) in [5, 5.41) is 8.19. The molecule has 4 aromatic heterocycles. The summed E-state index contributed by atoms with van der Waals surface area (Å²) in [5.41, 5.74) is 9.83. The van der Waals surface area contributed by atoms with Gasteiger partial charge in [0.1, 0.15) is 22.7 Å². The van der Waals surface area contributed by atoms with Gasteiger partial charge in [-0.05, 0) is 142 Å². The molecule has 0 radical (unpaired) electrons. The number of hydrogen-bond donors (Lipinski definition) is 2. The quantitative estimate of drug-likeness (QED) is 0.0483. The van der Waals surface area contributed by atoms with Crippen LogP contribution in [-0.2, 0) is 45.2 Å². The molecular formula is C82H96Cl4F2N10O10. The van der Waals surface area contributed by atoms with E-state index >= 15 is 0 Å². The first-order valence-corrected chi connectivity index (χ1v) is 37.5. The lowest BCUT2D eigenvalue weighted by atomic mass is 9.99. The van der Waals surface area contributed by atoms with Gasteiger partial charge in [-0.25, -0.2) is 19.6 Å². The van der Waals surface area contributed by atoms with Crippen LogP contribution in [0.25, 0.3) is 67.3 Å². The average Bonchev–Trinajstić information content (AvgIpc) is 0.782. The molecule has 8 aromatic rings. The highest BCUT2D eigenvalue weighted by molar-refractivity contribution is 6.40. The number of benzene rings is 4. The van der Waals surface area contributed by atoms with E-state index < -0.39 is 23.4 Å². The number of alkyl halides is 2. The Balaban J connectivity index is 0.000000249. The standard InChI is InChI=1S/2C41H48Cl2FN5O5/c2*1-26(50)48-21-16-30(17-22-48)49(40(51)54-41(2,3)4)25-29-13-14-34(47-39(29)53-6)33-10-7-9-31(36(33)42)32-15-20-46-38(37(32)43)27-11-12-28(35(23-27)52-5)24-45-19-8-18-44/h2*7,9-15,20,23,30,45H,8,16-19,21-22,24-25H2,1-6H3. The van der Waals surface area contributed by atoms with E-state index in [0.717, 1.165) is 22.3 Å². The van der Waals surface area contributed by atoms with Crippen LogP contribution in [0.3, 0.4) is 0 Å². The van der Waals surface area contributed by atoms with E-state index in [-0.39, 0.29) is 50.3 Å². The fourth-order valence-corrected chi connectivity index (χ4v) is 14.3. The van der Waals surface area contributed by atoms with Gasteiger partial charge in [0, 0.05) is 144 Å². The summed E-state index contributed by atoms with van der Waals surface area (Å²) >= 11 is 28.4. The molecular weight excluding hydrogens is 1460 g/mol. The van der Waals surface area contributed by atoms with Crippen molar-refractivity contribution in [3.05, 3.63) is 164 Å². The molecule has 0 atom stereocenters. The molecule has 0 bridgehead atoms. The number of hydrogen-bond acceptors (Lipinski definition) is 16. The Morgan fingerprint density at radius 1 is 0.481 bits per heavy atom. The van der Waals surface area contributed by atoms with Gasteiger partial charge >= 0.3 is 12.2 Å². The number of ether oxygens (including phenoxy) is 6. The number of carbonyl (C=O) groups excluding carboxylic acids is 4. The lowest BCUT2D eigenvalue weighted by Gasteiger charge is -2.39. The number of nitrogens with one attached hydrogen (secondary N) is 2. The van der Waals surface area contributed by atoms with Gasteiger partial charge in [0.15, 0.2) is 0 Å². The third-order valence-corrected chi connectivity index (χ3v) is 20.1. The Kier molecular flexibility index (Phi) is 29.6. The largest absolute Gasteiger partial charge is 0.496 e. The van der Waals surface area contributed by atoms with Gasteiger partial charge in [0.05, 0.1) is 97.7 Å². The number of aromatic nitrogens is 4. The Morgan fingerprint density at radius 3 is 1.17 bits per heavy atom. The lowest BCUT2D eigenvalue weighted by molar-refractivity contribution is -0.131. The van der Waals surface area contributed by atoms with E-state index in [2.05, 4.69) is 20.6 Å². The van der Waals surface area contributed by atoms with Crippen LogP contribution in [0.5, 0.6) is 23.3 Å². The lowest BCUT2D eigenvalue weighted by Crippen LogP contribution is -2.49. The van der Waals surface area contributed by atoms with E-state index in [4.69, 9.17) is 84.8 Å². The summed E-state index contributed by atoms with van der Waals surface area (Å²) in [6, 6.07) is 33.7. The molecule has 4 aromatic carbocycles. The highest BCUT2D eigenvalue weighted by Crippen LogP contribution is 2.45. The predicted molar refractivity (Wildman–Crippen MR) is 422 cm³/mol. The number of rotatable bonds is 26. The second-order valence-electron chi connectivity index (χ2n) is 28.3. The number of carbonyl (C=O) groups is 4. The van der Waals surface area contributed by atoms with Crippen molar-refractivity contribution in [1.29, 1.82) is 0 Å². The third-order valence-electron chi connectivity index (χ3n) is 18.5. The van der Waals surface area contributed by atoms with E-state index in [9.17, 15) is 28.0 Å². The summed E-state index contributed by atoms with van der Waals surface area (Å²) in [4.78, 5) is 76.9. The molecule has 0 saturated carbocycles. The van der Waals surface area contributed by atoms with Gasteiger partial charge in [-0.2, -0.15) is 0 Å². The summed E-state index contributed by atoms with van der Waals surface area (Å²) in [6.45, 7) is 18.3. The minimum atomic E-state index is -0.686. The normalized spacial score (nSPS) is 13.5. The minimum Gasteiger partial charge on any atom is -0.496 e. The molecule has 2 fully saturated rings. The van der Waals surface area contributed by atoms with Crippen molar-refractivity contribution in [3.8, 4) is 90.5 Å². The molecule has 10 rings (SSSR count). The molecule has 20 nitrogen and oxygen atoms in total. The van der Waals surface area contributed by atoms with E-state index in [1.807, 2.05) is 151 Å². The molecule has 26 heteroatoms. The van der Waals surface area contributed by atoms with Gasteiger partial charge in [0.25, 0.3) is 0 Å².